The molecule has 5 nitrogen and oxygen atoms in total. The maximum Gasteiger partial charge on any atom is 0.322 e. The fourth-order valence-corrected chi connectivity index (χ4v) is 2.97. The quantitative estimate of drug-likeness (QED) is 0.838. The van der Waals surface area contributed by atoms with E-state index >= 15 is 0 Å². The van der Waals surface area contributed by atoms with Crippen LogP contribution in [-0.4, -0.2) is 22.5 Å². The second-order valence-corrected chi connectivity index (χ2v) is 5.98. The SMILES string of the molecule is CC1CCN(C(=O)Nc2cccnc2Cl)C(c2ccco2)C1. The van der Waals surface area contributed by atoms with Gasteiger partial charge >= 0.3 is 6.03 Å². The summed E-state index contributed by atoms with van der Waals surface area (Å²) in [4.78, 5) is 18.4. The topological polar surface area (TPSA) is 58.4 Å². The minimum atomic E-state index is -0.178. The summed E-state index contributed by atoms with van der Waals surface area (Å²) < 4.78 is 5.52. The second kappa shape index (κ2) is 6.40. The van der Waals surface area contributed by atoms with Crippen molar-refractivity contribution in [2.75, 3.05) is 11.9 Å². The van der Waals surface area contributed by atoms with Crippen molar-refractivity contribution in [2.24, 2.45) is 5.92 Å². The van der Waals surface area contributed by atoms with Crippen LogP contribution < -0.4 is 5.32 Å². The first-order valence-corrected chi connectivity index (χ1v) is 7.74. The molecule has 2 aromatic heterocycles. The van der Waals surface area contributed by atoms with E-state index in [1.165, 1.54) is 0 Å². The average molecular weight is 320 g/mol. The number of nitrogens with one attached hydrogen (secondary N) is 1. The number of amides is 2. The molecule has 1 N–H and O–H groups in total. The number of aromatic nitrogens is 1. The minimum absolute atomic E-state index is 0.0470. The molecule has 1 saturated heterocycles. The lowest BCUT2D eigenvalue weighted by Crippen LogP contribution is -2.42. The van der Waals surface area contributed by atoms with Crippen molar-refractivity contribution in [3.05, 3.63) is 47.6 Å². The summed E-state index contributed by atoms with van der Waals surface area (Å²) >= 11 is 6.00. The number of hydrogen-bond acceptors (Lipinski definition) is 3. The van der Waals surface area contributed by atoms with Crippen LogP contribution in [0.25, 0.3) is 0 Å². The molecule has 1 aliphatic heterocycles. The van der Waals surface area contributed by atoms with Crippen LogP contribution in [0.1, 0.15) is 31.6 Å². The Hall–Kier alpha value is -2.01. The van der Waals surface area contributed by atoms with Crippen molar-refractivity contribution < 1.29 is 9.21 Å². The molecule has 3 heterocycles. The van der Waals surface area contributed by atoms with E-state index in [0.717, 1.165) is 18.6 Å². The number of anilines is 1. The monoisotopic (exact) mass is 319 g/mol. The number of likely N-dealkylation sites (tertiary alicyclic amines) is 1. The van der Waals surface area contributed by atoms with E-state index < -0.39 is 0 Å². The molecule has 0 aromatic carbocycles. The molecule has 22 heavy (non-hydrogen) atoms. The van der Waals surface area contributed by atoms with Crippen LogP contribution in [-0.2, 0) is 0 Å². The molecule has 0 bridgehead atoms. The smallest absolute Gasteiger partial charge is 0.322 e. The number of nitrogens with zero attached hydrogens (tertiary/aromatic N) is 2. The number of hydrogen-bond donors (Lipinski definition) is 1. The molecular formula is C16H18ClN3O2. The Labute approximate surface area is 134 Å². The van der Waals surface area contributed by atoms with Gasteiger partial charge in [-0.05, 0) is 43.0 Å². The van der Waals surface area contributed by atoms with Gasteiger partial charge in [0.15, 0.2) is 5.15 Å². The Morgan fingerprint density at radius 3 is 3.05 bits per heavy atom. The maximum absolute atomic E-state index is 12.6. The summed E-state index contributed by atoms with van der Waals surface area (Å²) in [6.45, 7) is 2.89. The largest absolute Gasteiger partial charge is 0.467 e. The summed E-state index contributed by atoms with van der Waals surface area (Å²) in [6.07, 6.45) is 5.10. The fourth-order valence-electron chi connectivity index (χ4n) is 2.80. The van der Waals surface area contributed by atoms with Gasteiger partial charge in [0.05, 0.1) is 18.0 Å². The van der Waals surface area contributed by atoms with Crippen LogP contribution in [0.4, 0.5) is 10.5 Å². The molecule has 1 fully saturated rings. The van der Waals surface area contributed by atoms with Crippen molar-refractivity contribution in [1.29, 1.82) is 0 Å². The summed E-state index contributed by atoms with van der Waals surface area (Å²) in [5.41, 5.74) is 0.519. The van der Waals surface area contributed by atoms with Crippen LogP contribution in [0, 0.1) is 5.92 Å². The molecule has 3 rings (SSSR count). The lowest BCUT2D eigenvalue weighted by Gasteiger charge is -2.37. The van der Waals surface area contributed by atoms with Crippen LogP contribution in [0.3, 0.4) is 0 Å². The number of rotatable bonds is 2. The Morgan fingerprint density at radius 1 is 1.45 bits per heavy atom. The predicted octanol–water partition coefficient (Wildman–Crippen LogP) is 4.33. The second-order valence-electron chi connectivity index (χ2n) is 5.63. The standard InChI is InChI=1S/C16H18ClN3O2/c1-11-6-8-20(13(10-11)14-5-3-9-22-14)16(21)19-12-4-2-7-18-15(12)17/h2-5,7,9,11,13H,6,8,10H2,1H3,(H,19,21). The highest BCUT2D eigenvalue weighted by Crippen LogP contribution is 2.34. The third kappa shape index (κ3) is 3.09. The molecule has 1 aliphatic rings. The fraction of sp³-hybridized carbons (Fsp3) is 0.375. The summed E-state index contributed by atoms with van der Waals surface area (Å²) in [7, 11) is 0. The van der Waals surface area contributed by atoms with Gasteiger partial charge in [0.2, 0.25) is 0 Å². The molecule has 0 radical (unpaired) electrons. The van der Waals surface area contributed by atoms with Crippen molar-refractivity contribution in [1.82, 2.24) is 9.88 Å². The predicted molar refractivity (Wildman–Crippen MR) is 84.8 cm³/mol. The normalized spacial score (nSPS) is 21.6. The van der Waals surface area contributed by atoms with Crippen LogP contribution in [0.15, 0.2) is 41.1 Å². The van der Waals surface area contributed by atoms with Gasteiger partial charge in [0.1, 0.15) is 5.76 Å². The van der Waals surface area contributed by atoms with Gasteiger partial charge < -0.3 is 14.6 Å². The van der Waals surface area contributed by atoms with E-state index in [0.29, 0.717) is 18.2 Å². The third-order valence-electron chi connectivity index (χ3n) is 4.00. The van der Waals surface area contributed by atoms with Gasteiger partial charge in [-0.3, -0.25) is 0 Å². The highest BCUT2D eigenvalue weighted by molar-refractivity contribution is 6.32. The molecule has 2 amide bonds. The zero-order chi connectivity index (χ0) is 15.5. The highest BCUT2D eigenvalue weighted by atomic mass is 35.5. The summed E-state index contributed by atoms with van der Waals surface area (Å²) in [5, 5.41) is 3.13. The van der Waals surface area contributed by atoms with E-state index in [2.05, 4.69) is 17.2 Å². The number of urea groups is 1. The molecule has 0 aliphatic carbocycles. The molecule has 6 heteroatoms. The molecule has 116 valence electrons. The van der Waals surface area contributed by atoms with E-state index in [1.807, 2.05) is 17.0 Å². The van der Waals surface area contributed by atoms with Gasteiger partial charge in [-0.25, -0.2) is 9.78 Å². The highest BCUT2D eigenvalue weighted by Gasteiger charge is 2.32. The lowest BCUT2D eigenvalue weighted by atomic mass is 9.91. The molecular weight excluding hydrogens is 302 g/mol. The number of halogens is 1. The first-order chi connectivity index (χ1) is 10.6. The Kier molecular flexibility index (Phi) is 4.34. The maximum atomic E-state index is 12.6. The molecule has 0 spiro atoms. The number of carbonyl (C=O) groups is 1. The van der Waals surface area contributed by atoms with E-state index in [9.17, 15) is 4.79 Å². The molecule has 2 atom stereocenters. The van der Waals surface area contributed by atoms with E-state index in [1.54, 1.807) is 24.6 Å². The van der Waals surface area contributed by atoms with Crippen molar-refractivity contribution in [3.63, 3.8) is 0 Å². The average Bonchev–Trinajstić information content (AvgIpc) is 3.03. The zero-order valence-corrected chi connectivity index (χ0v) is 13.1. The summed E-state index contributed by atoms with van der Waals surface area (Å²) in [5.74, 6) is 1.38. The van der Waals surface area contributed by atoms with Crippen LogP contribution in [0.5, 0.6) is 0 Å². The van der Waals surface area contributed by atoms with Crippen LogP contribution in [0.2, 0.25) is 5.15 Å². The zero-order valence-electron chi connectivity index (χ0n) is 12.3. The first-order valence-electron chi connectivity index (χ1n) is 7.36. The molecule has 2 unspecified atom stereocenters. The number of furan rings is 1. The first kappa shape index (κ1) is 14.9. The molecule has 2 aromatic rings. The van der Waals surface area contributed by atoms with Crippen molar-refractivity contribution >= 4 is 23.3 Å². The third-order valence-corrected chi connectivity index (χ3v) is 4.30. The van der Waals surface area contributed by atoms with E-state index in [4.69, 9.17) is 16.0 Å². The van der Waals surface area contributed by atoms with Gasteiger partial charge in [-0.1, -0.05) is 18.5 Å². The van der Waals surface area contributed by atoms with Crippen LogP contribution >= 0.6 is 11.6 Å². The van der Waals surface area contributed by atoms with E-state index in [-0.39, 0.29) is 17.2 Å². The van der Waals surface area contributed by atoms with Gasteiger partial charge in [-0.15, -0.1) is 0 Å². The number of piperidine rings is 1. The molecule has 0 saturated carbocycles. The number of carbonyl (C=O) groups excluding carboxylic acids is 1. The Balaban J connectivity index is 1.79. The van der Waals surface area contributed by atoms with Gasteiger partial charge in [-0.2, -0.15) is 0 Å². The van der Waals surface area contributed by atoms with Gasteiger partial charge in [0.25, 0.3) is 0 Å². The van der Waals surface area contributed by atoms with Crippen molar-refractivity contribution in [2.45, 2.75) is 25.8 Å². The van der Waals surface area contributed by atoms with Crippen molar-refractivity contribution in [3.8, 4) is 0 Å². The number of pyridine rings is 1. The Morgan fingerprint density at radius 2 is 2.32 bits per heavy atom. The minimum Gasteiger partial charge on any atom is -0.467 e. The Bertz CT molecular complexity index is 645. The summed E-state index contributed by atoms with van der Waals surface area (Å²) in [6, 6.07) is 7.02. The lowest BCUT2D eigenvalue weighted by molar-refractivity contribution is 0.129. The van der Waals surface area contributed by atoms with Gasteiger partial charge in [0, 0.05) is 12.7 Å².